The van der Waals surface area contributed by atoms with Gasteiger partial charge in [-0.3, -0.25) is 4.68 Å². The molecule has 98 valence electrons. The van der Waals surface area contributed by atoms with Crippen LogP contribution in [0, 0.1) is 6.92 Å². The van der Waals surface area contributed by atoms with E-state index in [1.54, 1.807) is 11.3 Å². The van der Waals surface area contributed by atoms with Gasteiger partial charge in [-0.2, -0.15) is 5.10 Å². The van der Waals surface area contributed by atoms with Gasteiger partial charge in [0.2, 0.25) is 0 Å². The standard InChI is InChI=1S/C13H18ClN3S/c1-8(2)17-10(5-6-16-17)12(15-4)13-11(14)9(3)7-18-13/h5-8,12,15H,1-4H3. The fourth-order valence-electron chi connectivity index (χ4n) is 2.04. The predicted octanol–water partition coefficient (Wildman–Crippen LogP) is 3.80. The molecule has 0 saturated heterocycles. The molecule has 0 radical (unpaired) electrons. The normalized spacial score (nSPS) is 13.2. The van der Waals surface area contributed by atoms with Gasteiger partial charge in [0.15, 0.2) is 0 Å². The number of hydrogen-bond donors (Lipinski definition) is 1. The lowest BCUT2D eigenvalue weighted by Gasteiger charge is -2.19. The highest BCUT2D eigenvalue weighted by molar-refractivity contribution is 7.10. The van der Waals surface area contributed by atoms with Crippen molar-refractivity contribution < 1.29 is 0 Å². The van der Waals surface area contributed by atoms with Crippen LogP contribution in [0.25, 0.3) is 0 Å². The van der Waals surface area contributed by atoms with E-state index in [2.05, 4.69) is 29.6 Å². The minimum absolute atomic E-state index is 0.0982. The zero-order chi connectivity index (χ0) is 13.3. The molecule has 0 bridgehead atoms. The van der Waals surface area contributed by atoms with Gasteiger partial charge in [0.25, 0.3) is 0 Å². The van der Waals surface area contributed by atoms with Gasteiger partial charge in [-0.05, 0) is 44.8 Å². The number of nitrogens with one attached hydrogen (secondary N) is 1. The van der Waals surface area contributed by atoms with Gasteiger partial charge in [0.05, 0.1) is 16.8 Å². The minimum Gasteiger partial charge on any atom is -0.307 e. The lowest BCUT2D eigenvalue weighted by Crippen LogP contribution is -2.21. The first-order chi connectivity index (χ1) is 8.56. The molecule has 5 heteroatoms. The van der Waals surface area contributed by atoms with Gasteiger partial charge in [0.1, 0.15) is 0 Å². The van der Waals surface area contributed by atoms with Crippen LogP contribution in [0.15, 0.2) is 17.6 Å². The molecule has 0 amide bonds. The van der Waals surface area contributed by atoms with Crippen molar-refractivity contribution in [1.82, 2.24) is 15.1 Å². The van der Waals surface area contributed by atoms with E-state index in [9.17, 15) is 0 Å². The fraction of sp³-hybridized carbons (Fsp3) is 0.462. The summed E-state index contributed by atoms with van der Waals surface area (Å²) in [5.74, 6) is 0. The summed E-state index contributed by atoms with van der Waals surface area (Å²) in [7, 11) is 1.95. The van der Waals surface area contributed by atoms with Gasteiger partial charge in [0, 0.05) is 17.1 Å². The zero-order valence-corrected chi connectivity index (χ0v) is 12.6. The zero-order valence-electron chi connectivity index (χ0n) is 11.1. The van der Waals surface area contributed by atoms with Crippen LogP contribution < -0.4 is 5.32 Å². The van der Waals surface area contributed by atoms with Crippen molar-refractivity contribution in [3.63, 3.8) is 0 Å². The van der Waals surface area contributed by atoms with E-state index in [4.69, 9.17) is 11.6 Å². The monoisotopic (exact) mass is 283 g/mol. The van der Waals surface area contributed by atoms with E-state index in [0.717, 1.165) is 21.2 Å². The van der Waals surface area contributed by atoms with Crippen molar-refractivity contribution in [3.05, 3.63) is 38.8 Å². The number of nitrogens with zero attached hydrogens (tertiary/aromatic N) is 2. The van der Waals surface area contributed by atoms with Gasteiger partial charge in [-0.1, -0.05) is 11.6 Å². The average Bonchev–Trinajstić information content (AvgIpc) is 2.92. The van der Waals surface area contributed by atoms with E-state index < -0.39 is 0 Å². The molecule has 2 aromatic rings. The van der Waals surface area contributed by atoms with Crippen molar-refractivity contribution >= 4 is 22.9 Å². The van der Waals surface area contributed by atoms with Crippen LogP contribution in [0.2, 0.25) is 5.02 Å². The first-order valence-corrected chi connectivity index (χ1v) is 7.26. The molecule has 1 atom stereocenters. The maximum Gasteiger partial charge on any atom is 0.0854 e. The Morgan fingerprint density at radius 3 is 2.67 bits per heavy atom. The third-order valence-electron chi connectivity index (χ3n) is 2.96. The Labute approximate surface area is 117 Å². The van der Waals surface area contributed by atoms with Gasteiger partial charge in [-0.25, -0.2) is 0 Å². The number of aryl methyl sites for hydroxylation is 1. The number of rotatable bonds is 4. The van der Waals surface area contributed by atoms with Crippen LogP contribution in [0.1, 0.15) is 42.1 Å². The number of thiophene rings is 1. The molecule has 0 saturated carbocycles. The van der Waals surface area contributed by atoms with Crippen molar-refractivity contribution in [2.45, 2.75) is 32.9 Å². The minimum atomic E-state index is 0.0982. The third-order valence-corrected chi connectivity index (χ3v) is 4.74. The first kappa shape index (κ1) is 13.6. The molecule has 3 nitrogen and oxygen atoms in total. The summed E-state index contributed by atoms with van der Waals surface area (Å²) in [5, 5.41) is 10.7. The summed E-state index contributed by atoms with van der Waals surface area (Å²) in [6.07, 6.45) is 1.84. The summed E-state index contributed by atoms with van der Waals surface area (Å²) in [5.41, 5.74) is 2.28. The molecular formula is C13H18ClN3S. The Kier molecular flexibility index (Phi) is 4.10. The van der Waals surface area contributed by atoms with E-state index >= 15 is 0 Å². The number of halogens is 1. The highest BCUT2D eigenvalue weighted by Crippen LogP contribution is 2.35. The topological polar surface area (TPSA) is 29.9 Å². The Balaban J connectivity index is 2.45. The second-order valence-corrected chi connectivity index (χ2v) is 5.90. The van der Waals surface area contributed by atoms with E-state index in [0.29, 0.717) is 6.04 Å². The summed E-state index contributed by atoms with van der Waals surface area (Å²) >= 11 is 8.06. The maximum absolute atomic E-state index is 6.37. The van der Waals surface area contributed by atoms with Crippen molar-refractivity contribution in [1.29, 1.82) is 0 Å². The van der Waals surface area contributed by atoms with Crippen LogP contribution >= 0.6 is 22.9 Å². The molecular weight excluding hydrogens is 266 g/mol. The number of hydrogen-bond acceptors (Lipinski definition) is 3. The van der Waals surface area contributed by atoms with E-state index in [1.807, 2.05) is 30.9 Å². The van der Waals surface area contributed by atoms with Crippen molar-refractivity contribution in [2.75, 3.05) is 7.05 Å². The van der Waals surface area contributed by atoms with Crippen LogP contribution in [0.3, 0.4) is 0 Å². The molecule has 0 fully saturated rings. The second-order valence-electron chi connectivity index (χ2n) is 4.61. The van der Waals surface area contributed by atoms with Gasteiger partial charge >= 0.3 is 0 Å². The highest BCUT2D eigenvalue weighted by Gasteiger charge is 2.22. The van der Waals surface area contributed by atoms with E-state index in [-0.39, 0.29) is 6.04 Å². The lowest BCUT2D eigenvalue weighted by atomic mass is 10.1. The molecule has 0 aliphatic rings. The molecule has 1 N–H and O–H groups in total. The van der Waals surface area contributed by atoms with Crippen LogP contribution in [-0.2, 0) is 0 Å². The molecule has 2 aromatic heterocycles. The fourth-order valence-corrected chi connectivity index (χ4v) is 3.46. The summed E-state index contributed by atoms with van der Waals surface area (Å²) in [4.78, 5) is 1.15. The van der Waals surface area contributed by atoms with Crippen LogP contribution in [0.5, 0.6) is 0 Å². The van der Waals surface area contributed by atoms with Gasteiger partial charge in [-0.15, -0.1) is 11.3 Å². The number of aromatic nitrogens is 2. The molecule has 0 spiro atoms. The largest absolute Gasteiger partial charge is 0.307 e. The third kappa shape index (κ3) is 2.32. The quantitative estimate of drug-likeness (QED) is 0.925. The molecule has 0 aromatic carbocycles. The van der Waals surface area contributed by atoms with Gasteiger partial charge < -0.3 is 5.32 Å². The molecule has 2 rings (SSSR count). The Morgan fingerprint density at radius 2 is 2.17 bits per heavy atom. The Hall–Kier alpha value is -0.840. The van der Waals surface area contributed by atoms with Crippen LogP contribution in [0.4, 0.5) is 0 Å². The first-order valence-electron chi connectivity index (χ1n) is 6.00. The molecule has 1 unspecified atom stereocenters. The summed E-state index contributed by atoms with van der Waals surface area (Å²) in [6.45, 7) is 6.30. The van der Waals surface area contributed by atoms with E-state index in [1.165, 1.54) is 0 Å². The van der Waals surface area contributed by atoms with Crippen LogP contribution in [-0.4, -0.2) is 16.8 Å². The molecule has 18 heavy (non-hydrogen) atoms. The predicted molar refractivity (Wildman–Crippen MR) is 77.6 cm³/mol. The molecule has 0 aliphatic carbocycles. The smallest absolute Gasteiger partial charge is 0.0854 e. The second kappa shape index (κ2) is 5.43. The molecule has 0 aliphatic heterocycles. The summed E-state index contributed by atoms with van der Waals surface area (Å²) < 4.78 is 2.03. The Morgan fingerprint density at radius 1 is 1.44 bits per heavy atom. The molecule has 2 heterocycles. The Bertz CT molecular complexity index is 530. The lowest BCUT2D eigenvalue weighted by molar-refractivity contribution is 0.486. The van der Waals surface area contributed by atoms with Crippen molar-refractivity contribution in [3.8, 4) is 0 Å². The SMILES string of the molecule is CNC(c1scc(C)c1Cl)c1ccnn1C(C)C. The highest BCUT2D eigenvalue weighted by atomic mass is 35.5. The average molecular weight is 284 g/mol. The maximum atomic E-state index is 6.37. The summed E-state index contributed by atoms with van der Waals surface area (Å²) in [6, 6.07) is 2.49. The van der Waals surface area contributed by atoms with Crippen molar-refractivity contribution in [2.24, 2.45) is 0 Å².